The first-order valence-corrected chi connectivity index (χ1v) is 6.74. The van der Waals surface area contributed by atoms with Crippen molar-refractivity contribution in [2.24, 2.45) is 11.8 Å². The largest absolute Gasteiger partial charge is 0.481 e. The maximum absolute atomic E-state index is 12.1. The molecule has 0 bridgehead atoms. The summed E-state index contributed by atoms with van der Waals surface area (Å²) in [5.41, 5.74) is -0.725. The Hall–Kier alpha value is -1.14. The smallest absolute Gasteiger partial charge is 0.307 e. The number of nitrogens with zero attached hydrogens (tertiary/aromatic N) is 2. The zero-order valence-electron chi connectivity index (χ0n) is 11.5. The third-order valence-electron chi connectivity index (χ3n) is 3.72. The fourth-order valence-corrected chi connectivity index (χ4v) is 2.65. The van der Waals surface area contributed by atoms with Crippen LogP contribution in [0.3, 0.4) is 0 Å². The molecule has 0 spiro atoms. The molecular formula is C13H22N2O4. The number of β-amino-alcohol motifs (C(OH)–C–C–N with tert-alkyl or cyclic N) is 1. The Labute approximate surface area is 113 Å². The number of carbonyl (C=O) groups is 2. The molecule has 1 heterocycles. The van der Waals surface area contributed by atoms with Crippen LogP contribution in [-0.2, 0) is 9.59 Å². The number of hydrogen-bond acceptors (Lipinski definition) is 4. The molecule has 0 radical (unpaired) electrons. The third kappa shape index (κ3) is 3.67. The van der Waals surface area contributed by atoms with Gasteiger partial charge in [-0.3, -0.25) is 14.5 Å². The average molecular weight is 270 g/mol. The van der Waals surface area contributed by atoms with Crippen molar-refractivity contribution in [3.63, 3.8) is 0 Å². The van der Waals surface area contributed by atoms with Gasteiger partial charge in [-0.2, -0.15) is 0 Å². The number of rotatable bonds is 4. The molecule has 2 fully saturated rings. The number of carboxylic acids is 1. The van der Waals surface area contributed by atoms with Gasteiger partial charge in [-0.15, -0.1) is 0 Å². The average Bonchev–Trinajstić information content (AvgIpc) is 3.07. The highest BCUT2D eigenvalue weighted by atomic mass is 16.4. The monoisotopic (exact) mass is 270 g/mol. The second-order valence-electron chi connectivity index (χ2n) is 6.20. The predicted molar refractivity (Wildman–Crippen MR) is 68.6 cm³/mol. The first kappa shape index (κ1) is 14.3. The SMILES string of the molecule is CC(C)(O)CN1CCN(C(=O)[C@@H]2C[C@@H]2C(=O)O)CC1. The van der Waals surface area contributed by atoms with E-state index in [-0.39, 0.29) is 11.8 Å². The second-order valence-corrected chi connectivity index (χ2v) is 6.20. The van der Waals surface area contributed by atoms with Gasteiger partial charge in [-0.1, -0.05) is 0 Å². The molecule has 0 aromatic carbocycles. The molecule has 19 heavy (non-hydrogen) atoms. The minimum atomic E-state index is -0.862. The van der Waals surface area contributed by atoms with Crippen LogP contribution in [0.1, 0.15) is 20.3 Å². The van der Waals surface area contributed by atoms with Crippen molar-refractivity contribution >= 4 is 11.9 Å². The van der Waals surface area contributed by atoms with E-state index in [2.05, 4.69) is 4.90 Å². The van der Waals surface area contributed by atoms with E-state index in [1.165, 1.54) is 0 Å². The molecule has 108 valence electrons. The molecule has 1 saturated carbocycles. The van der Waals surface area contributed by atoms with E-state index in [4.69, 9.17) is 5.11 Å². The van der Waals surface area contributed by atoms with Gasteiger partial charge < -0.3 is 15.1 Å². The maximum atomic E-state index is 12.1. The summed E-state index contributed by atoms with van der Waals surface area (Å²) in [6.45, 7) is 6.85. The Balaban J connectivity index is 1.78. The van der Waals surface area contributed by atoms with Crippen LogP contribution in [0, 0.1) is 11.8 Å². The highest BCUT2D eigenvalue weighted by Crippen LogP contribution is 2.40. The van der Waals surface area contributed by atoms with Crippen molar-refractivity contribution in [2.45, 2.75) is 25.9 Å². The van der Waals surface area contributed by atoms with E-state index < -0.39 is 17.5 Å². The van der Waals surface area contributed by atoms with Gasteiger partial charge in [0.1, 0.15) is 0 Å². The highest BCUT2D eigenvalue weighted by molar-refractivity contribution is 5.89. The molecule has 0 unspecified atom stereocenters. The third-order valence-corrected chi connectivity index (χ3v) is 3.72. The minimum Gasteiger partial charge on any atom is -0.481 e. The molecule has 6 nitrogen and oxygen atoms in total. The van der Waals surface area contributed by atoms with Gasteiger partial charge >= 0.3 is 5.97 Å². The molecule has 1 saturated heterocycles. The van der Waals surface area contributed by atoms with E-state index >= 15 is 0 Å². The van der Waals surface area contributed by atoms with E-state index in [9.17, 15) is 14.7 Å². The molecule has 2 rings (SSSR count). The zero-order chi connectivity index (χ0) is 14.2. The lowest BCUT2D eigenvalue weighted by Crippen LogP contribution is -2.52. The van der Waals surface area contributed by atoms with Crippen molar-refractivity contribution in [3.8, 4) is 0 Å². The lowest BCUT2D eigenvalue weighted by atomic mass is 10.1. The van der Waals surface area contributed by atoms with Crippen molar-refractivity contribution in [2.75, 3.05) is 32.7 Å². The standard InChI is InChI=1S/C13H22N2O4/c1-13(2,19)8-14-3-5-15(6-4-14)11(16)9-7-10(9)12(17)18/h9-10,19H,3-8H2,1-2H3,(H,17,18)/t9-,10+/m1/s1. The first-order valence-electron chi connectivity index (χ1n) is 6.74. The molecule has 2 atom stereocenters. The molecule has 1 aliphatic carbocycles. The van der Waals surface area contributed by atoms with Crippen LogP contribution in [0.15, 0.2) is 0 Å². The van der Waals surface area contributed by atoms with E-state index in [0.717, 1.165) is 13.1 Å². The van der Waals surface area contributed by atoms with Gasteiger partial charge in [0.25, 0.3) is 0 Å². The molecule has 1 aliphatic heterocycles. The van der Waals surface area contributed by atoms with Crippen LogP contribution >= 0.6 is 0 Å². The maximum Gasteiger partial charge on any atom is 0.307 e. The van der Waals surface area contributed by atoms with E-state index in [0.29, 0.717) is 26.1 Å². The number of aliphatic hydroxyl groups is 1. The van der Waals surface area contributed by atoms with Gasteiger partial charge in [0, 0.05) is 32.7 Å². The van der Waals surface area contributed by atoms with Gasteiger partial charge in [0.05, 0.1) is 17.4 Å². The summed E-state index contributed by atoms with van der Waals surface area (Å²) >= 11 is 0. The normalized spacial score (nSPS) is 28.3. The number of carboxylic acid groups (broad SMARTS) is 1. The molecule has 2 N–H and O–H groups in total. The van der Waals surface area contributed by atoms with Crippen LogP contribution in [-0.4, -0.2) is 70.2 Å². The molecule has 0 aromatic rings. The first-order chi connectivity index (χ1) is 8.78. The van der Waals surface area contributed by atoms with E-state index in [1.54, 1.807) is 18.7 Å². The zero-order valence-corrected chi connectivity index (χ0v) is 11.5. The van der Waals surface area contributed by atoms with Crippen LogP contribution in [0.2, 0.25) is 0 Å². The summed E-state index contributed by atoms with van der Waals surface area (Å²) in [5.74, 6) is -1.66. The minimum absolute atomic E-state index is 0.0182. The quantitative estimate of drug-likeness (QED) is 0.728. The van der Waals surface area contributed by atoms with Crippen LogP contribution < -0.4 is 0 Å². The van der Waals surface area contributed by atoms with Gasteiger partial charge in [-0.25, -0.2) is 0 Å². The molecule has 6 heteroatoms. The number of amides is 1. The van der Waals surface area contributed by atoms with Gasteiger partial charge in [0.2, 0.25) is 5.91 Å². The van der Waals surface area contributed by atoms with Crippen molar-refractivity contribution in [3.05, 3.63) is 0 Å². The summed E-state index contributed by atoms with van der Waals surface area (Å²) in [7, 11) is 0. The fourth-order valence-electron chi connectivity index (χ4n) is 2.65. The topological polar surface area (TPSA) is 81.1 Å². The summed E-state index contributed by atoms with van der Waals surface area (Å²) in [5, 5.41) is 18.6. The van der Waals surface area contributed by atoms with Crippen molar-refractivity contribution in [1.29, 1.82) is 0 Å². The number of hydrogen-bond donors (Lipinski definition) is 2. The number of carbonyl (C=O) groups excluding carboxylic acids is 1. The summed E-state index contributed by atoms with van der Waals surface area (Å²) < 4.78 is 0. The molecule has 2 aliphatic rings. The van der Waals surface area contributed by atoms with Gasteiger partial charge in [0.15, 0.2) is 0 Å². The Morgan fingerprint density at radius 1 is 1.16 bits per heavy atom. The Bertz CT molecular complexity index is 369. The lowest BCUT2D eigenvalue weighted by molar-refractivity contribution is -0.142. The Kier molecular flexibility index (Phi) is 3.82. The second kappa shape index (κ2) is 5.09. The van der Waals surface area contributed by atoms with Crippen LogP contribution in [0.4, 0.5) is 0 Å². The Morgan fingerprint density at radius 2 is 1.74 bits per heavy atom. The molecular weight excluding hydrogens is 248 g/mol. The molecule has 1 amide bonds. The van der Waals surface area contributed by atoms with Crippen LogP contribution in [0.5, 0.6) is 0 Å². The summed E-state index contributed by atoms with van der Waals surface area (Å²) in [4.78, 5) is 26.7. The fraction of sp³-hybridized carbons (Fsp3) is 0.846. The number of aliphatic carboxylic acids is 1. The summed E-state index contributed by atoms with van der Waals surface area (Å²) in [6.07, 6.45) is 0.484. The number of piperazine rings is 1. The summed E-state index contributed by atoms with van der Waals surface area (Å²) in [6, 6.07) is 0. The van der Waals surface area contributed by atoms with Crippen molar-refractivity contribution in [1.82, 2.24) is 9.80 Å². The predicted octanol–water partition coefficient (Wildman–Crippen LogP) is -0.378. The Morgan fingerprint density at radius 3 is 2.16 bits per heavy atom. The van der Waals surface area contributed by atoms with E-state index in [1.807, 2.05) is 0 Å². The highest BCUT2D eigenvalue weighted by Gasteiger charge is 2.50. The molecule has 0 aromatic heterocycles. The van der Waals surface area contributed by atoms with Crippen LogP contribution in [0.25, 0.3) is 0 Å². The van der Waals surface area contributed by atoms with Gasteiger partial charge in [-0.05, 0) is 20.3 Å². The van der Waals surface area contributed by atoms with Crippen molar-refractivity contribution < 1.29 is 19.8 Å². The lowest BCUT2D eigenvalue weighted by Gasteiger charge is -2.37.